The van der Waals surface area contributed by atoms with E-state index in [9.17, 15) is 8.42 Å². The zero-order chi connectivity index (χ0) is 17.2. The van der Waals surface area contributed by atoms with Crippen LogP contribution >= 0.6 is 0 Å². The number of fused-ring (bicyclic) bond motifs is 1. The molecule has 3 rings (SSSR count). The predicted octanol–water partition coefficient (Wildman–Crippen LogP) is 1.03. The lowest BCUT2D eigenvalue weighted by Crippen LogP contribution is -2.39. The molecule has 24 heavy (non-hydrogen) atoms. The van der Waals surface area contributed by atoms with Gasteiger partial charge in [-0.3, -0.25) is 0 Å². The van der Waals surface area contributed by atoms with Crippen molar-refractivity contribution in [3.63, 3.8) is 0 Å². The first kappa shape index (κ1) is 17.3. The minimum Gasteiger partial charge on any atom is -0.496 e. The third-order valence-corrected chi connectivity index (χ3v) is 6.06. The first-order valence-electron chi connectivity index (χ1n) is 8.18. The molecule has 1 heterocycles. The van der Waals surface area contributed by atoms with Crippen LogP contribution in [0, 0.1) is 0 Å². The lowest BCUT2D eigenvalue weighted by atomic mass is 10.1. The van der Waals surface area contributed by atoms with Crippen molar-refractivity contribution in [1.29, 1.82) is 0 Å². The Labute approximate surface area is 142 Å². The summed E-state index contributed by atoms with van der Waals surface area (Å²) >= 11 is 0. The van der Waals surface area contributed by atoms with E-state index in [1.165, 1.54) is 0 Å². The van der Waals surface area contributed by atoms with Crippen LogP contribution in [0.1, 0.15) is 25.3 Å². The second-order valence-corrected chi connectivity index (χ2v) is 8.23. The highest BCUT2D eigenvalue weighted by Gasteiger charge is 2.35. The van der Waals surface area contributed by atoms with Crippen LogP contribution in [-0.4, -0.2) is 46.6 Å². The molecule has 1 atom stereocenters. The number of rotatable bonds is 8. The molecule has 1 aromatic carbocycles. The van der Waals surface area contributed by atoms with E-state index < -0.39 is 10.0 Å². The molecular formula is C16H24N2O5S. The highest BCUT2D eigenvalue weighted by molar-refractivity contribution is 7.90. The molecule has 8 heteroatoms. The van der Waals surface area contributed by atoms with Crippen LogP contribution < -0.4 is 24.2 Å². The maximum Gasteiger partial charge on any atom is 0.214 e. The average molecular weight is 356 g/mol. The minimum absolute atomic E-state index is 0.00330. The van der Waals surface area contributed by atoms with Crippen molar-refractivity contribution >= 4 is 10.0 Å². The van der Waals surface area contributed by atoms with Gasteiger partial charge in [-0.25, -0.2) is 13.1 Å². The van der Waals surface area contributed by atoms with Gasteiger partial charge in [-0.05, 0) is 25.8 Å². The van der Waals surface area contributed by atoms with Gasteiger partial charge in [0.15, 0.2) is 11.5 Å². The summed E-state index contributed by atoms with van der Waals surface area (Å²) in [6.45, 7) is 3.93. The standard InChI is InChI=1S/C16H24N2O5S/c1-11(9-18-24(19,20)13-3-4-13)17-10-12-7-15-16(8-14(12)21-2)23-6-5-22-15/h7-8,11,13,17-18H,3-6,9-10H2,1-2H3/t11-/m0/s1. The summed E-state index contributed by atoms with van der Waals surface area (Å²) in [4.78, 5) is 0. The van der Waals surface area contributed by atoms with Crippen molar-refractivity contribution < 1.29 is 22.6 Å². The summed E-state index contributed by atoms with van der Waals surface area (Å²) in [5.74, 6) is 2.12. The van der Waals surface area contributed by atoms with Gasteiger partial charge >= 0.3 is 0 Å². The fourth-order valence-electron chi connectivity index (χ4n) is 2.53. The van der Waals surface area contributed by atoms with Gasteiger partial charge in [-0.15, -0.1) is 0 Å². The molecule has 0 amide bonds. The van der Waals surface area contributed by atoms with Crippen LogP contribution in [0.3, 0.4) is 0 Å². The molecule has 0 bridgehead atoms. The number of hydrogen-bond acceptors (Lipinski definition) is 6. The summed E-state index contributed by atoms with van der Waals surface area (Å²) in [7, 11) is -1.53. The molecule has 2 N–H and O–H groups in total. The Morgan fingerprint density at radius 2 is 1.92 bits per heavy atom. The first-order chi connectivity index (χ1) is 11.5. The number of methoxy groups -OCH3 is 1. The van der Waals surface area contributed by atoms with E-state index in [1.54, 1.807) is 7.11 Å². The molecule has 0 aromatic heterocycles. The SMILES string of the molecule is COc1cc2c(cc1CN[C@@H](C)CNS(=O)(=O)C1CC1)OCCO2. The van der Waals surface area contributed by atoms with Crippen LogP contribution in [0.25, 0.3) is 0 Å². The van der Waals surface area contributed by atoms with E-state index >= 15 is 0 Å². The van der Waals surface area contributed by atoms with E-state index in [4.69, 9.17) is 14.2 Å². The summed E-state index contributed by atoms with van der Waals surface area (Å²) in [6.07, 6.45) is 1.54. The van der Waals surface area contributed by atoms with Crippen LogP contribution in [0.5, 0.6) is 17.2 Å². The Morgan fingerprint density at radius 3 is 2.54 bits per heavy atom. The molecule has 1 aromatic rings. The van der Waals surface area contributed by atoms with Gasteiger partial charge in [0.1, 0.15) is 19.0 Å². The Bertz CT molecular complexity index is 688. The number of hydrogen-bond donors (Lipinski definition) is 2. The second kappa shape index (κ2) is 7.16. The molecule has 0 saturated heterocycles. The third kappa shape index (κ3) is 4.12. The molecule has 1 aliphatic carbocycles. The Morgan fingerprint density at radius 1 is 1.25 bits per heavy atom. The lowest BCUT2D eigenvalue weighted by molar-refractivity contribution is 0.170. The summed E-state index contributed by atoms with van der Waals surface area (Å²) in [5, 5.41) is 3.12. The van der Waals surface area contributed by atoms with Crippen molar-refractivity contribution in [3.8, 4) is 17.2 Å². The zero-order valence-corrected chi connectivity index (χ0v) is 14.8. The molecule has 1 aliphatic heterocycles. The van der Waals surface area contributed by atoms with E-state index in [0.717, 1.165) is 24.2 Å². The fraction of sp³-hybridized carbons (Fsp3) is 0.625. The van der Waals surface area contributed by atoms with Gasteiger partial charge in [0.2, 0.25) is 10.0 Å². The topological polar surface area (TPSA) is 85.9 Å². The van der Waals surface area contributed by atoms with Crippen molar-refractivity contribution in [2.45, 2.75) is 37.6 Å². The van der Waals surface area contributed by atoms with Gasteiger partial charge in [0.25, 0.3) is 0 Å². The van der Waals surface area contributed by atoms with Gasteiger partial charge in [-0.2, -0.15) is 0 Å². The second-order valence-electron chi connectivity index (χ2n) is 6.18. The largest absolute Gasteiger partial charge is 0.496 e. The van der Waals surface area contributed by atoms with Crippen molar-refractivity contribution in [3.05, 3.63) is 17.7 Å². The van der Waals surface area contributed by atoms with Crippen molar-refractivity contribution in [2.75, 3.05) is 26.9 Å². The van der Waals surface area contributed by atoms with Gasteiger partial charge in [-0.1, -0.05) is 0 Å². The molecule has 134 valence electrons. The van der Waals surface area contributed by atoms with E-state index in [1.807, 2.05) is 19.1 Å². The summed E-state index contributed by atoms with van der Waals surface area (Å²) in [5.41, 5.74) is 0.943. The van der Waals surface area contributed by atoms with Crippen molar-refractivity contribution in [2.24, 2.45) is 0 Å². The van der Waals surface area contributed by atoms with Crippen molar-refractivity contribution in [1.82, 2.24) is 10.0 Å². The molecule has 2 aliphatic rings. The summed E-state index contributed by atoms with van der Waals surface area (Å²) in [6, 6.07) is 3.73. The quantitative estimate of drug-likeness (QED) is 0.723. The van der Waals surface area contributed by atoms with Gasteiger partial charge < -0.3 is 19.5 Å². The van der Waals surface area contributed by atoms with Crippen LogP contribution in [0.2, 0.25) is 0 Å². The van der Waals surface area contributed by atoms with E-state index in [2.05, 4.69) is 10.0 Å². The predicted molar refractivity (Wildman–Crippen MR) is 90.2 cm³/mol. The molecule has 0 spiro atoms. The summed E-state index contributed by atoms with van der Waals surface area (Å²) < 4.78 is 42.9. The Balaban J connectivity index is 1.57. The van der Waals surface area contributed by atoms with Crippen LogP contribution in [-0.2, 0) is 16.6 Å². The highest BCUT2D eigenvalue weighted by atomic mass is 32.2. The number of nitrogens with one attached hydrogen (secondary N) is 2. The molecule has 0 radical (unpaired) electrons. The Hall–Kier alpha value is -1.51. The first-order valence-corrected chi connectivity index (χ1v) is 9.72. The Kier molecular flexibility index (Phi) is 5.17. The van der Waals surface area contributed by atoms with E-state index in [0.29, 0.717) is 37.8 Å². The van der Waals surface area contributed by atoms with Crippen LogP contribution in [0.4, 0.5) is 0 Å². The van der Waals surface area contributed by atoms with Gasteiger partial charge in [0, 0.05) is 30.8 Å². The molecule has 7 nitrogen and oxygen atoms in total. The lowest BCUT2D eigenvalue weighted by Gasteiger charge is -2.21. The monoisotopic (exact) mass is 356 g/mol. The average Bonchev–Trinajstić information content (AvgIpc) is 3.43. The number of sulfonamides is 1. The zero-order valence-electron chi connectivity index (χ0n) is 14.0. The van der Waals surface area contributed by atoms with Gasteiger partial charge in [0.05, 0.1) is 12.4 Å². The highest BCUT2D eigenvalue weighted by Crippen LogP contribution is 2.36. The maximum absolute atomic E-state index is 11.8. The fourth-order valence-corrected chi connectivity index (χ4v) is 4.01. The van der Waals surface area contributed by atoms with E-state index in [-0.39, 0.29) is 11.3 Å². The smallest absolute Gasteiger partial charge is 0.214 e. The van der Waals surface area contributed by atoms with Crippen LogP contribution in [0.15, 0.2) is 12.1 Å². The normalized spacial score (nSPS) is 18.2. The maximum atomic E-state index is 11.8. The molecule has 1 saturated carbocycles. The molecular weight excluding hydrogens is 332 g/mol. The minimum atomic E-state index is -3.14. The molecule has 0 unspecified atom stereocenters. The number of ether oxygens (including phenoxy) is 3. The number of benzene rings is 1. The third-order valence-electron chi connectivity index (χ3n) is 4.14. The molecule has 1 fully saturated rings.